The summed E-state index contributed by atoms with van der Waals surface area (Å²) in [6, 6.07) is 17.4. The average Bonchev–Trinajstić information content (AvgIpc) is 2.73. The van der Waals surface area contributed by atoms with Crippen LogP contribution in [0.25, 0.3) is 0 Å². The molecule has 0 aliphatic carbocycles. The van der Waals surface area contributed by atoms with Gasteiger partial charge in [0.25, 0.3) is 5.91 Å². The number of morpholine rings is 1. The third-order valence-electron chi connectivity index (χ3n) is 4.45. The number of amides is 1. The summed E-state index contributed by atoms with van der Waals surface area (Å²) >= 11 is 0. The second kappa shape index (κ2) is 10.6. The number of benzene rings is 2. The van der Waals surface area contributed by atoms with Crippen molar-refractivity contribution in [3.8, 4) is 0 Å². The van der Waals surface area contributed by atoms with Gasteiger partial charge in [-0.05, 0) is 29.8 Å². The van der Waals surface area contributed by atoms with Crippen molar-refractivity contribution < 1.29 is 23.8 Å². The maximum Gasteiger partial charge on any atom is 0.303 e. The van der Waals surface area contributed by atoms with Gasteiger partial charge < -0.3 is 24.4 Å². The third-order valence-corrected chi connectivity index (χ3v) is 4.45. The highest BCUT2D eigenvalue weighted by Gasteiger charge is 2.20. The highest BCUT2D eigenvalue weighted by Crippen LogP contribution is 2.19. The van der Waals surface area contributed by atoms with Gasteiger partial charge in [0.1, 0.15) is 12.7 Å². The van der Waals surface area contributed by atoms with Gasteiger partial charge in [0, 0.05) is 24.8 Å². The molecule has 0 radical (unpaired) electrons. The first kappa shape index (κ1) is 20.8. The number of hydrogen-bond acceptors (Lipinski definition) is 6. The lowest BCUT2D eigenvalue weighted by molar-refractivity contribution is -0.148. The summed E-state index contributed by atoms with van der Waals surface area (Å²) in [4.78, 5) is 25.0. The molecule has 1 amide bonds. The van der Waals surface area contributed by atoms with Crippen LogP contribution in [0.5, 0.6) is 0 Å². The van der Waals surface area contributed by atoms with Gasteiger partial charge in [0.15, 0.2) is 0 Å². The summed E-state index contributed by atoms with van der Waals surface area (Å²) in [5, 5.41) is 3.25. The van der Waals surface area contributed by atoms with Crippen LogP contribution in [0.15, 0.2) is 54.6 Å². The standard InChI is InChI=1S/C22H26N2O5/c1-17(25)29-21(15-28-14-18-5-3-2-4-6-18)13-23-19-7-9-20(10-8-19)24-11-12-27-16-22(24)26/h2-10,21,23H,11-16H2,1H3/t21-/m1/s1. The van der Waals surface area contributed by atoms with Crippen molar-refractivity contribution >= 4 is 23.3 Å². The molecule has 3 rings (SSSR count). The molecule has 1 N–H and O–H groups in total. The molecule has 2 aromatic carbocycles. The summed E-state index contributed by atoms with van der Waals surface area (Å²) in [6.45, 7) is 3.77. The zero-order valence-electron chi connectivity index (χ0n) is 16.5. The predicted molar refractivity (Wildman–Crippen MR) is 110 cm³/mol. The lowest BCUT2D eigenvalue weighted by Crippen LogP contribution is -2.41. The molecular weight excluding hydrogens is 372 g/mol. The Bertz CT molecular complexity index is 795. The van der Waals surface area contributed by atoms with Gasteiger partial charge >= 0.3 is 5.97 Å². The van der Waals surface area contributed by atoms with Crippen LogP contribution in [0.2, 0.25) is 0 Å². The molecule has 0 unspecified atom stereocenters. The molecule has 1 fully saturated rings. The zero-order valence-corrected chi connectivity index (χ0v) is 16.5. The monoisotopic (exact) mass is 398 g/mol. The summed E-state index contributed by atoms with van der Waals surface area (Å²) < 4.78 is 16.2. The van der Waals surface area contributed by atoms with E-state index in [1.54, 1.807) is 4.90 Å². The van der Waals surface area contributed by atoms with Gasteiger partial charge in [-0.3, -0.25) is 9.59 Å². The topological polar surface area (TPSA) is 77.1 Å². The fraction of sp³-hybridized carbons (Fsp3) is 0.364. The fourth-order valence-electron chi connectivity index (χ4n) is 3.03. The number of carbonyl (C=O) groups excluding carboxylic acids is 2. The van der Waals surface area contributed by atoms with Crippen molar-refractivity contribution in [3.63, 3.8) is 0 Å². The molecule has 7 heteroatoms. The third kappa shape index (κ3) is 6.58. The number of ether oxygens (including phenoxy) is 3. The van der Waals surface area contributed by atoms with Gasteiger partial charge in [0.05, 0.1) is 26.4 Å². The average molecular weight is 398 g/mol. The SMILES string of the molecule is CC(=O)O[C@H](CNc1ccc(N2CCOCC2=O)cc1)COCc1ccccc1. The van der Waals surface area contributed by atoms with Crippen LogP contribution in [-0.2, 0) is 30.4 Å². The molecule has 2 aromatic rings. The predicted octanol–water partition coefficient (Wildman–Crippen LogP) is 2.61. The van der Waals surface area contributed by atoms with Crippen LogP contribution >= 0.6 is 0 Å². The van der Waals surface area contributed by atoms with E-state index in [1.165, 1.54) is 6.92 Å². The first-order chi connectivity index (χ1) is 14.1. The van der Waals surface area contributed by atoms with Crippen LogP contribution in [0.1, 0.15) is 12.5 Å². The van der Waals surface area contributed by atoms with Gasteiger partial charge in [-0.25, -0.2) is 0 Å². The number of esters is 1. The highest BCUT2D eigenvalue weighted by atomic mass is 16.6. The maximum atomic E-state index is 11.9. The molecule has 1 heterocycles. The van der Waals surface area contributed by atoms with Gasteiger partial charge in [-0.15, -0.1) is 0 Å². The lowest BCUT2D eigenvalue weighted by Gasteiger charge is -2.27. The Hall–Kier alpha value is -2.90. The van der Waals surface area contributed by atoms with E-state index >= 15 is 0 Å². The van der Waals surface area contributed by atoms with E-state index in [0.717, 1.165) is 16.9 Å². The molecule has 1 atom stereocenters. The highest BCUT2D eigenvalue weighted by molar-refractivity contribution is 5.95. The van der Waals surface area contributed by atoms with Crippen LogP contribution in [-0.4, -0.2) is 50.9 Å². The first-order valence-corrected chi connectivity index (χ1v) is 9.63. The number of nitrogens with zero attached hydrogens (tertiary/aromatic N) is 1. The molecular formula is C22H26N2O5. The number of nitrogens with one attached hydrogen (secondary N) is 1. The van der Waals surface area contributed by atoms with E-state index in [1.807, 2.05) is 54.6 Å². The summed E-state index contributed by atoms with van der Waals surface area (Å²) in [5.41, 5.74) is 2.77. The molecule has 1 saturated heterocycles. The van der Waals surface area contributed by atoms with E-state index in [0.29, 0.717) is 32.9 Å². The molecule has 1 aliphatic heterocycles. The van der Waals surface area contributed by atoms with Crippen molar-refractivity contribution in [2.24, 2.45) is 0 Å². The Balaban J connectivity index is 1.50. The number of carbonyl (C=O) groups is 2. The van der Waals surface area contributed by atoms with Crippen LogP contribution < -0.4 is 10.2 Å². The van der Waals surface area contributed by atoms with Crippen molar-refractivity contribution in [2.45, 2.75) is 19.6 Å². The van der Waals surface area contributed by atoms with E-state index < -0.39 is 6.10 Å². The van der Waals surface area contributed by atoms with E-state index in [2.05, 4.69) is 5.32 Å². The number of anilines is 2. The van der Waals surface area contributed by atoms with Crippen LogP contribution in [0.4, 0.5) is 11.4 Å². The normalized spacial score (nSPS) is 15.1. The minimum Gasteiger partial charge on any atom is -0.458 e. The Morgan fingerprint density at radius 1 is 1.17 bits per heavy atom. The van der Waals surface area contributed by atoms with Gasteiger partial charge in [0.2, 0.25) is 0 Å². The molecule has 0 spiro atoms. The van der Waals surface area contributed by atoms with Crippen molar-refractivity contribution in [1.29, 1.82) is 0 Å². The molecule has 1 aliphatic rings. The minimum absolute atomic E-state index is 0.0394. The largest absolute Gasteiger partial charge is 0.458 e. The number of rotatable bonds is 9. The van der Waals surface area contributed by atoms with Crippen molar-refractivity contribution in [2.75, 3.05) is 43.1 Å². The molecule has 0 aromatic heterocycles. The molecule has 154 valence electrons. The van der Waals surface area contributed by atoms with Gasteiger partial charge in [-0.1, -0.05) is 30.3 Å². The molecule has 0 bridgehead atoms. The quantitative estimate of drug-likeness (QED) is 0.655. The summed E-state index contributed by atoms with van der Waals surface area (Å²) in [6.07, 6.45) is -0.406. The molecule has 0 saturated carbocycles. The smallest absolute Gasteiger partial charge is 0.303 e. The van der Waals surface area contributed by atoms with Crippen LogP contribution in [0.3, 0.4) is 0 Å². The zero-order chi connectivity index (χ0) is 20.5. The second-order valence-corrected chi connectivity index (χ2v) is 6.76. The van der Waals surface area contributed by atoms with E-state index in [-0.39, 0.29) is 18.5 Å². The fourth-order valence-corrected chi connectivity index (χ4v) is 3.03. The molecule has 29 heavy (non-hydrogen) atoms. The second-order valence-electron chi connectivity index (χ2n) is 6.76. The molecule has 7 nitrogen and oxygen atoms in total. The first-order valence-electron chi connectivity index (χ1n) is 9.63. The summed E-state index contributed by atoms with van der Waals surface area (Å²) in [7, 11) is 0. The summed E-state index contributed by atoms with van der Waals surface area (Å²) in [5.74, 6) is -0.385. The lowest BCUT2D eigenvalue weighted by atomic mass is 10.2. The van der Waals surface area contributed by atoms with Crippen molar-refractivity contribution in [3.05, 3.63) is 60.2 Å². The Morgan fingerprint density at radius 3 is 2.62 bits per heavy atom. The number of hydrogen-bond donors (Lipinski definition) is 1. The Labute approximate surface area is 170 Å². The van der Waals surface area contributed by atoms with Crippen LogP contribution in [0, 0.1) is 0 Å². The van der Waals surface area contributed by atoms with E-state index in [4.69, 9.17) is 14.2 Å². The van der Waals surface area contributed by atoms with Crippen molar-refractivity contribution in [1.82, 2.24) is 0 Å². The van der Waals surface area contributed by atoms with Gasteiger partial charge in [-0.2, -0.15) is 0 Å². The maximum absolute atomic E-state index is 11.9. The minimum atomic E-state index is -0.406. The Kier molecular flexibility index (Phi) is 7.61. The Morgan fingerprint density at radius 2 is 1.93 bits per heavy atom. The van der Waals surface area contributed by atoms with E-state index in [9.17, 15) is 9.59 Å².